The van der Waals surface area contributed by atoms with E-state index in [9.17, 15) is 14.0 Å². The summed E-state index contributed by atoms with van der Waals surface area (Å²) in [5, 5.41) is 2.78. The van der Waals surface area contributed by atoms with Crippen LogP contribution in [0.15, 0.2) is 24.3 Å². The van der Waals surface area contributed by atoms with Crippen LogP contribution in [0.2, 0.25) is 0 Å². The van der Waals surface area contributed by atoms with Crippen LogP contribution in [0.25, 0.3) is 0 Å². The van der Waals surface area contributed by atoms with Gasteiger partial charge in [-0.05, 0) is 63.3 Å². The minimum absolute atomic E-state index is 0.168. The Kier molecular flexibility index (Phi) is 6.14. The molecule has 3 amide bonds. The fourth-order valence-electron chi connectivity index (χ4n) is 3.00. The van der Waals surface area contributed by atoms with Crippen molar-refractivity contribution in [2.45, 2.75) is 38.7 Å². The van der Waals surface area contributed by atoms with Crippen LogP contribution in [-0.4, -0.2) is 36.0 Å². The molecule has 0 aliphatic carbocycles. The Bertz CT molecular complexity index is 555. The van der Waals surface area contributed by atoms with Crippen molar-refractivity contribution < 1.29 is 18.8 Å². The number of hydrogen-bond acceptors (Lipinski definition) is 3. The molecule has 24 heavy (non-hydrogen) atoms. The van der Waals surface area contributed by atoms with Crippen LogP contribution in [0.5, 0.6) is 0 Å². The van der Waals surface area contributed by atoms with Crippen LogP contribution < -0.4 is 10.8 Å². The molecule has 1 saturated heterocycles. The van der Waals surface area contributed by atoms with Crippen molar-refractivity contribution in [3.05, 3.63) is 30.1 Å². The molecule has 0 aromatic heterocycles. The van der Waals surface area contributed by atoms with Crippen molar-refractivity contribution in [1.82, 2.24) is 10.4 Å². The van der Waals surface area contributed by atoms with Crippen LogP contribution in [-0.2, 0) is 9.63 Å². The van der Waals surface area contributed by atoms with Crippen LogP contribution in [0.1, 0.15) is 33.1 Å². The Morgan fingerprint density at radius 2 is 1.96 bits per heavy atom. The highest BCUT2D eigenvalue weighted by Gasteiger charge is 2.29. The predicted molar refractivity (Wildman–Crippen MR) is 88.7 cm³/mol. The van der Waals surface area contributed by atoms with Crippen LogP contribution >= 0.6 is 0 Å². The monoisotopic (exact) mass is 337 g/mol. The maximum absolute atomic E-state index is 12.9. The van der Waals surface area contributed by atoms with Crippen LogP contribution in [0, 0.1) is 11.7 Å². The molecule has 1 fully saturated rings. The van der Waals surface area contributed by atoms with Crippen LogP contribution in [0.4, 0.5) is 14.9 Å². The molecule has 1 aliphatic rings. The second kappa shape index (κ2) is 8.10. The lowest BCUT2D eigenvalue weighted by molar-refractivity contribution is -0.138. The van der Waals surface area contributed by atoms with Gasteiger partial charge in [0.05, 0.1) is 5.60 Å². The lowest BCUT2D eigenvalue weighted by Gasteiger charge is -2.35. The average molecular weight is 337 g/mol. The Balaban J connectivity index is 1.78. The smallest absolute Gasteiger partial charge is 0.321 e. The molecule has 1 aromatic carbocycles. The van der Waals surface area contributed by atoms with Gasteiger partial charge >= 0.3 is 6.03 Å². The van der Waals surface area contributed by atoms with E-state index in [1.807, 2.05) is 13.8 Å². The molecule has 1 aromatic rings. The van der Waals surface area contributed by atoms with Crippen molar-refractivity contribution >= 4 is 18.1 Å². The summed E-state index contributed by atoms with van der Waals surface area (Å²) in [5.74, 6) is 0.103. The van der Waals surface area contributed by atoms with E-state index in [1.54, 1.807) is 17.0 Å². The number of benzene rings is 1. The second-order valence-corrected chi connectivity index (χ2v) is 6.67. The summed E-state index contributed by atoms with van der Waals surface area (Å²) >= 11 is 0. The van der Waals surface area contributed by atoms with E-state index in [0.29, 0.717) is 31.1 Å². The van der Waals surface area contributed by atoms with Crippen molar-refractivity contribution in [3.63, 3.8) is 0 Å². The molecule has 0 unspecified atom stereocenters. The Morgan fingerprint density at radius 1 is 1.33 bits per heavy atom. The van der Waals surface area contributed by atoms with Gasteiger partial charge in [0, 0.05) is 18.8 Å². The molecule has 1 aliphatic heterocycles. The Morgan fingerprint density at radius 3 is 2.54 bits per heavy atom. The number of nitrogens with one attached hydrogen (secondary N) is 2. The van der Waals surface area contributed by atoms with Gasteiger partial charge in [0.2, 0.25) is 6.41 Å². The molecule has 0 spiro atoms. The SMILES string of the molecule is CC(C)(CC1CCN(C(=O)Nc2ccc(F)cc2)CC1)ONC=O. The first kappa shape index (κ1) is 18.2. The van der Waals surface area contributed by atoms with Crippen LogP contribution in [0.3, 0.4) is 0 Å². The number of piperidine rings is 1. The van der Waals surface area contributed by atoms with Crippen molar-refractivity contribution in [2.75, 3.05) is 18.4 Å². The number of carbonyl (C=O) groups excluding carboxylic acids is 2. The van der Waals surface area contributed by atoms with Gasteiger partial charge in [0.25, 0.3) is 0 Å². The number of carbonyl (C=O) groups is 2. The summed E-state index contributed by atoms with van der Waals surface area (Å²) in [6, 6.07) is 5.55. The highest BCUT2D eigenvalue weighted by atomic mass is 19.1. The molecule has 0 saturated carbocycles. The standard InChI is InChI=1S/C17H24FN3O3/c1-17(2,24-19-12-22)11-13-7-9-21(10-8-13)16(23)20-15-5-3-14(18)4-6-15/h3-6,12-13H,7-11H2,1-2H3,(H,19,22)(H,20,23). The molecule has 0 atom stereocenters. The number of rotatable bonds is 6. The summed E-state index contributed by atoms with van der Waals surface area (Å²) in [4.78, 5) is 29.6. The third-order valence-electron chi connectivity index (χ3n) is 4.16. The van der Waals surface area contributed by atoms with Gasteiger partial charge in [-0.15, -0.1) is 0 Å². The highest BCUT2D eigenvalue weighted by molar-refractivity contribution is 5.89. The number of halogens is 1. The van der Waals surface area contributed by atoms with E-state index in [4.69, 9.17) is 4.84 Å². The third-order valence-corrected chi connectivity index (χ3v) is 4.16. The normalized spacial score (nSPS) is 15.9. The molecule has 0 bridgehead atoms. The van der Waals surface area contributed by atoms with Gasteiger partial charge in [0.1, 0.15) is 5.82 Å². The quantitative estimate of drug-likeness (QED) is 0.619. The van der Waals surface area contributed by atoms with E-state index in [0.717, 1.165) is 19.3 Å². The summed E-state index contributed by atoms with van der Waals surface area (Å²) in [6.45, 7) is 5.18. The minimum Gasteiger partial charge on any atom is -0.325 e. The number of hydrogen-bond donors (Lipinski definition) is 2. The highest BCUT2D eigenvalue weighted by Crippen LogP contribution is 2.28. The third kappa shape index (κ3) is 5.49. The molecule has 1 heterocycles. The zero-order valence-corrected chi connectivity index (χ0v) is 14.0. The minimum atomic E-state index is -0.440. The second-order valence-electron chi connectivity index (χ2n) is 6.67. The lowest BCUT2D eigenvalue weighted by atomic mass is 9.86. The molecule has 6 nitrogen and oxygen atoms in total. The molecule has 132 valence electrons. The zero-order chi connectivity index (χ0) is 17.6. The predicted octanol–water partition coefficient (Wildman–Crippen LogP) is 2.92. The summed E-state index contributed by atoms with van der Waals surface area (Å²) in [5.41, 5.74) is 2.40. The summed E-state index contributed by atoms with van der Waals surface area (Å²) < 4.78 is 12.9. The fourth-order valence-corrected chi connectivity index (χ4v) is 3.00. The van der Waals surface area contributed by atoms with E-state index < -0.39 is 5.60 Å². The number of amides is 3. The zero-order valence-electron chi connectivity index (χ0n) is 14.0. The molecular formula is C17H24FN3O3. The number of anilines is 1. The van der Waals surface area contributed by atoms with Crippen molar-refractivity contribution in [2.24, 2.45) is 5.92 Å². The van der Waals surface area contributed by atoms with Gasteiger partial charge < -0.3 is 10.2 Å². The van der Waals surface area contributed by atoms with Gasteiger partial charge in [-0.25, -0.2) is 14.7 Å². The molecular weight excluding hydrogens is 313 g/mol. The van der Waals surface area contributed by atoms with Gasteiger partial charge in [0.15, 0.2) is 0 Å². The maximum atomic E-state index is 12.9. The fraction of sp³-hybridized carbons (Fsp3) is 0.529. The van der Waals surface area contributed by atoms with Crippen molar-refractivity contribution in [1.29, 1.82) is 0 Å². The van der Waals surface area contributed by atoms with Gasteiger partial charge in [-0.2, -0.15) is 0 Å². The molecule has 2 rings (SSSR count). The summed E-state index contributed by atoms with van der Waals surface area (Å²) in [6.07, 6.45) is 3.08. The first-order valence-electron chi connectivity index (χ1n) is 8.08. The van der Waals surface area contributed by atoms with Crippen molar-refractivity contribution in [3.8, 4) is 0 Å². The lowest BCUT2D eigenvalue weighted by Crippen LogP contribution is -2.43. The number of likely N-dealkylation sites (tertiary alicyclic amines) is 1. The average Bonchev–Trinajstić information content (AvgIpc) is 2.55. The van der Waals surface area contributed by atoms with E-state index in [-0.39, 0.29) is 11.8 Å². The molecule has 2 N–H and O–H groups in total. The number of nitrogens with zero attached hydrogens (tertiary/aromatic N) is 1. The Labute approximate surface area is 141 Å². The molecule has 7 heteroatoms. The topological polar surface area (TPSA) is 70.7 Å². The van der Waals surface area contributed by atoms with E-state index >= 15 is 0 Å². The van der Waals surface area contributed by atoms with E-state index in [2.05, 4.69) is 10.8 Å². The summed E-state index contributed by atoms with van der Waals surface area (Å²) in [7, 11) is 0. The first-order chi connectivity index (χ1) is 11.4. The van der Waals surface area contributed by atoms with Gasteiger partial charge in [-0.1, -0.05) is 0 Å². The Hall–Kier alpha value is -2.15. The maximum Gasteiger partial charge on any atom is 0.321 e. The first-order valence-corrected chi connectivity index (χ1v) is 8.08. The molecule has 0 radical (unpaired) electrons. The number of urea groups is 1. The largest absolute Gasteiger partial charge is 0.325 e. The van der Waals surface area contributed by atoms with Gasteiger partial charge in [-0.3, -0.25) is 9.63 Å². The van der Waals surface area contributed by atoms with E-state index in [1.165, 1.54) is 12.1 Å². The number of hydroxylamine groups is 1.